The summed E-state index contributed by atoms with van der Waals surface area (Å²) in [6, 6.07) is 19.5. The second-order valence-electron chi connectivity index (χ2n) is 7.22. The Hall–Kier alpha value is -3.81. The van der Waals surface area contributed by atoms with Gasteiger partial charge in [-0.3, -0.25) is 9.59 Å². The quantitative estimate of drug-likeness (QED) is 0.443. The number of fused-ring (bicyclic) bond motifs is 1. The first kappa shape index (κ1) is 24.8. The van der Waals surface area contributed by atoms with Crippen LogP contribution in [0.2, 0.25) is 0 Å². The lowest BCUT2D eigenvalue weighted by atomic mass is 10.1. The van der Waals surface area contributed by atoms with Gasteiger partial charge in [0.25, 0.3) is 5.91 Å². The molecule has 3 aromatic rings. The minimum Gasteiger partial charge on any atom is -0.456 e. The number of sulfonamides is 1. The molecule has 0 saturated carbocycles. The molecule has 3 rings (SSSR count). The molecule has 0 atom stereocenters. The van der Waals surface area contributed by atoms with Crippen molar-refractivity contribution < 1.29 is 27.1 Å². The lowest BCUT2D eigenvalue weighted by Crippen LogP contribution is -2.36. The number of amides is 1. The Morgan fingerprint density at radius 3 is 2.47 bits per heavy atom. The molecule has 0 aliphatic carbocycles. The molecular formula is C24H22FN3O5S. The summed E-state index contributed by atoms with van der Waals surface area (Å²) in [6.07, 6.45) is -0.345. The standard InChI is InChI=1S/C24H22FN3O5S/c25-21-8-3-4-9-22(21)28(15-5-13-26)23(29)17-33-24(30)12-14-27-34(31,32)20-11-10-18-6-1-2-7-19(18)16-20/h1-4,6-11,16,27H,5,12,14-15,17H2. The monoisotopic (exact) mass is 483 g/mol. The fraction of sp³-hybridized carbons (Fsp3) is 0.208. The van der Waals surface area contributed by atoms with Gasteiger partial charge >= 0.3 is 5.97 Å². The van der Waals surface area contributed by atoms with E-state index in [4.69, 9.17) is 10.00 Å². The highest BCUT2D eigenvalue weighted by molar-refractivity contribution is 7.89. The maximum Gasteiger partial charge on any atom is 0.307 e. The summed E-state index contributed by atoms with van der Waals surface area (Å²) in [5, 5.41) is 10.5. The topological polar surface area (TPSA) is 117 Å². The molecular weight excluding hydrogens is 461 g/mol. The number of nitrogens with zero attached hydrogens (tertiary/aromatic N) is 2. The van der Waals surface area contributed by atoms with E-state index in [0.29, 0.717) is 0 Å². The summed E-state index contributed by atoms with van der Waals surface area (Å²) < 4.78 is 46.4. The van der Waals surface area contributed by atoms with Crippen molar-refractivity contribution in [2.24, 2.45) is 0 Å². The molecule has 1 amide bonds. The molecule has 0 unspecified atom stereocenters. The zero-order valence-corrected chi connectivity index (χ0v) is 18.9. The van der Waals surface area contributed by atoms with E-state index in [1.807, 2.05) is 18.2 Å². The summed E-state index contributed by atoms with van der Waals surface area (Å²) in [6.45, 7) is -0.969. The van der Waals surface area contributed by atoms with Crippen molar-refractivity contribution in [3.63, 3.8) is 0 Å². The first-order valence-corrected chi connectivity index (χ1v) is 11.9. The molecule has 8 nitrogen and oxygen atoms in total. The highest BCUT2D eigenvalue weighted by Crippen LogP contribution is 2.20. The van der Waals surface area contributed by atoms with Gasteiger partial charge in [-0.2, -0.15) is 5.26 Å². The number of carbonyl (C=O) groups excluding carboxylic acids is 2. The van der Waals surface area contributed by atoms with Crippen LogP contribution in [-0.4, -0.2) is 40.0 Å². The number of para-hydroxylation sites is 1. The largest absolute Gasteiger partial charge is 0.456 e. The number of hydrogen-bond acceptors (Lipinski definition) is 6. The highest BCUT2D eigenvalue weighted by Gasteiger charge is 2.21. The first-order valence-electron chi connectivity index (χ1n) is 10.4. The van der Waals surface area contributed by atoms with Gasteiger partial charge in [-0.1, -0.05) is 42.5 Å². The minimum absolute atomic E-state index is 0.0260. The van der Waals surface area contributed by atoms with Gasteiger partial charge < -0.3 is 9.64 Å². The average Bonchev–Trinajstić information content (AvgIpc) is 2.83. The van der Waals surface area contributed by atoms with E-state index in [1.165, 1.54) is 30.3 Å². The normalized spacial score (nSPS) is 11.1. The van der Waals surface area contributed by atoms with E-state index >= 15 is 0 Å². The van der Waals surface area contributed by atoms with Gasteiger partial charge in [-0.25, -0.2) is 17.5 Å². The molecule has 0 aliphatic rings. The number of nitriles is 1. The Morgan fingerprint density at radius 2 is 1.74 bits per heavy atom. The molecule has 0 saturated heterocycles. The zero-order chi connectivity index (χ0) is 24.6. The van der Waals surface area contributed by atoms with Crippen LogP contribution in [0.4, 0.5) is 10.1 Å². The molecule has 10 heteroatoms. The third-order valence-electron chi connectivity index (χ3n) is 4.90. The van der Waals surface area contributed by atoms with Crippen molar-refractivity contribution in [2.75, 3.05) is 24.6 Å². The summed E-state index contributed by atoms with van der Waals surface area (Å²) in [7, 11) is -3.85. The van der Waals surface area contributed by atoms with E-state index in [2.05, 4.69) is 4.72 Å². The summed E-state index contributed by atoms with van der Waals surface area (Å²) in [5.74, 6) is -2.16. The molecule has 34 heavy (non-hydrogen) atoms. The predicted molar refractivity (Wildman–Crippen MR) is 124 cm³/mol. The smallest absolute Gasteiger partial charge is 0.307 e. The SMILES string of the molecule is N#CCCN(C(=O)COC(=O)CCNS(=O)(=O)c1ccc2ccccc2c1)c1ccccc1F. The van der Waals surface area contributed by atoms with Crippen molar-refractivity contribution in [1.82, 2.24) is 4.72 Å². The predicted octanol–water partition coefficient (Wildman–Crippen LogP) is 3.14. The number of hydrogen-bond donors (Lipinski definition) is 1. The molecule has 1 N–H and O–H groups in total. The van der Waals surface area contributed by atoms with Crippen LogP contribution < -0.4 is 9.62 Å². The van der Waals surface area contributed by atoms with Crippen molar-refractivity contribution >= 4 is 38.4 Å². The van der Waals surface area contributed by atoms with E-state index in [9.17, 15) is 22.4 Å². The number of rotatable bonds is 10. The van der Waals surface area contributed by atoms with Crippen molar-refractivity contribution in [1.29, 1.82) is 5.26 Å². The molecule has 0 heterocycles. The number of anilines is 1. The number of esters is 1. The zero-order valence-electron chi connectivity index (χ0n) is 18.1. The maximum atomic E-state index is 14.1. The minimum atomic E-state index is -3.85. The Balaban J connectivity index is 1.53. The van der Waals surface area contributed by atoms with E-state index in [1.54, 1.807) is 24.3 Å². The Bertz CT molecular complexity index is 1340. The Labute approximate surface area is 196 Å². The third-order valence-corrected chi connectivity index (χ3v) is 6.36. The van der Waals surface area contributed by atoms with Crippen LogP contribution >= 0.6 is 0 Å². The van der Waals surface area contributed by atoms with E-state index < -0.39 is 34.3 Å². The summed E-state index contributed by atoms with van der Waals surface area (Å²) in [4.78, 5) is 25.6. The fourth-order valence-corrected chi connectivity index (χ4v) is 4.28. The van der Waals surface area contributed by atoms with Crippen LogP contribution in [0.5, 0.6) is 0 Å². The first-order chi connectivity index (χ1) is 16.3. The van der Waals surface area contributed by atoms with Crippen molar-refractivity contribution in [2.45, 2.75) is 17.7 Å². The van der Waals surface area contributed by atoms with Gasteiger partial charge in [0.15, 0.2) is 6.61 Å². The Morgan fingerprint density at radius 1 is 1.03 bits per heavy atom. The third kappa shape index (κ3) is 6.37. The van der Waals surface area contributed by atoms with Gasteiger partial charge in [0.2, 0.25) is 10.0 Å². The molecule has 3 aromatic carbocycles. The molecule has 0 aliphatic heterocycles. The van der Waals surface area contributed by atoms with Gasteiger partial charge in [-0.15, -0.1) is 0 Å². The van der Waals surface area contributed by atoms with Crippen LogP contribution in [0.3, 0.4) is 0 Å². The number of nitrogens with one attached hydrogen (secondary N) is 1. The van der Waals surface area contributed by atoms with Gasteiger partial charge in [0.05, 0.1) is 29.5 Å². The van der Waals surface area contributed by atoms with Crippen molar-refractivity contribution in [3.05, 3.63) is 72.5 Å². The molecule has 176 valence electrons. The lowest BCUT2D eigenvalue weighted by molar-refractivity contribution is -0.147. The van der Waals surface area contributed by atoms with Crippen LogP contribution in [0.25, 0.3) is 10.8 Å². The van der Waals surface area contributed by atoms with Crippen LogP contribution in [0, 0.1) is 17.1 Å². The maximum absolute atomic E-state index is 14.1. The fourth-order valence-electron chi connectivity index (χ4n) is 3.21. The summed E-state index contributed by atoms with van der Waals surface area (Å²) in [5.41, 5.74) is -0.0260. The van der Waals surface area contributed by atoms with Gasteiger partial charge in [-0.05, 0) is 35.0 Å². The van der Waals surface area contributed by atoms with Gasteiger partial charge in [0, 0.05) is 13.1 Å². The van der Waals surface area contributed by atoms with E-state index in [-0.39, 0.29) is 36.5 Å². The summed E-state index contributed by atoms with van der Waals surface area (Å²) >= 11 is 0. The lowest BCUT2D eigenvalue weighted by Gasteiger charge is -2.22. The van der Waals surface area contributed by atoms with E-state index in [0.717, 1.165) is 15.7 Å². The number of ether oxygens (including phenoxy) is 1. The number of halogens is 1. The van der Waals surface area contributed by atoms with Crippen molar-refractivity contribution in [3.8, 4) is 6.07 Å². The average molecular weight is 484 g/mol. The van der Waals surface area contributed by atoms with Crippen LogP contribution in [0.1, 0.15) is 12.8 Å². The second kappa shape index (κ2) is 11.4. The molecule has 0 fully saturated rings. The van der Waals surface area contributed by atoms with Crippen LogP contribution in [0.15, 0.2) is 71.6 Å². The van der Waals surface area contributed by atoms with Gasteiger partial charge in [0.1, 0.15) is 5.82 Å². The molecule has 0 aromatic heterocycles. The second-order valence-corrected chi connectivity index (χ2v) is 8.99. The number of carbonyl (C=O) groups is 2. The molecule has 0 spiro atoms. The highest BCUT2D eigenvalue weighted by atomic mass is 32.2. The number of benzene rings is 3. The molecule has 0 bridgehead atoms. The molecule has 0 radical (unpaired) electrons. The Kier molecular flexibility index (Phi) is 8.29. The van der Waals surface area contributed by atoms with Crippen LogP contribution in [-0.2, 0) is 24.3 Å².